The maximum absolute atomic E-state index is 12.2. The minimum Gasteiger partial charge on any atom is -0.357 e. The molecule has 0 radical (unpaired) electrons. The number of carbonyl (C=O) groups excluding carboxylic acids is 1. The van der Waals surface area contributed by atoms with Gasteiger partial charge in [0.25, 0.3) is 0 Å². The molecule has 3 nitrogen and oxygen atoms in total. The van der Waals surface area contributed by atoms with Gasteiger partial charge in [-0.05, 0) is 19.9 Å². The summed E-state index contributed by atoms with van der Waals surface area (Å²) in [5.41, 5.74) is 5.41. The van der Waals surface area contributed by atoms with Crippen LogP contribution >= 0.6 is 0 Å². The van der Waals surface area contributed by atoms with Crippen molar-refractivity contribution in [3.05, 3.63) is 65.9 Å². The quantitative estimate of drug-likeness (QED) is 0.535. The summed E-state index contributed by atoms with van der Waals surface area (Å²) in [4.78, 5) is 20.5. The van der Waals surface area contributed by atoms with E-state index in [4.69, 9.17) is 4.98 Å². The van der Waals surface area contributed by atoms with E-state index in [2.05, 4.69) is 4.98 Å². The van der Waals surface area contributed by atoms with E-state index in [1.807, 2.05) is 61.5 Å². The SMILES string of the molecule is CC(=O)c1c(C)[nH]c2c1c(-c1ccccc1)nc1ccccc12. The standard InChI is InChI=1S/C20H16N2O/c1-12-17(13(2)23)18-19(14-8-4-3-5-9-14)22-16-11-7-6-10-15(16)20(18)21-12/h3-11,21H,1-2H3. The van der Waals surface area contributed by atoms with E-state index >= 15 is 0 Å². The molecule has 2 aromatic carbocycles. The highest BCUT2D eigenvalue weighted by Crippen LogP contribution is 2.35. The molecule has 112 valence electrons. The fraction of sp³-hybridized carbons (Fsp3) is 0.100. The summed E-state index contributed by atoms with van der Waals surface area (Å²) in [6, 6.07) is 18.1. The average Bonchev–Trinajstić information content (AvgIpc) is 2.92. The number of para-hydroxylation sites is 1. The Morgan fingerprint density at radius 1 is 1.00 bits per heavy atom. The van der Waals surface area contributed by atoms with Gasteiger partial charge in [0.1, 0.15) is 0 Å². The summed E-state index contributed by atoms with van der Waals surface area (Å²) in [6.45, 7) is 3.56. The molecular formula is C20H16N2O. The molecule has 4 aromatic rings. The third-order valence-electron chi connectivity index (χ3n) is 4.23. The van der Waals surface area contributed by atoms with Gasteiger partial charge in [-0.1, -0.05) is 48.5 Å². The van der Waals surface area contributed by atoms with Gasteiger partial charge in [0.2, 0.25) is 0 Å². The predicted octanol–water partition coefficient (Wildman–Crippen LogP) is 4.89. The molecule has 0 spiro atoms. The Kier molecular flexibility index (Phi) is 3.01. The zero-order chi connectivity index (χ0) is 16.0. The van der Waals surface area contributed by atoms with E-state index in [1.165, 1.54) is 0 Å². The number of hydrogen-bond acceptors (Lipinski definition) is 2. The summed E-state index contributed by atoms with van der Waals surface area (Å²) >= 11 is 0. The topological polar surface area (TPSA) is 45.8 Å². The smallest absolute Gasteiger partial charge is 0.162 e. The second-order valence-corrected chi connectivity index (χ2v) is 5.77. The first-order valence-electron chi connectivity index (χ1n) is 7.64. The van der Waals surface area contributed by atoms with E-state index in [-0.39, 0.29) is 5.78 Å². The van der Waals surface area contributed by atoms with Crippen molar-refractivity contribution in [2.24, 2.45) is 0 Å². The molecule has 0 aliphatic rings. The average molecular weight is 300 g/mol. The van der Waals surface area contributed by atoms with Crippen LogP contribution in [-0.2, 0) is 0 Å². The Morgan fingerprint density at radius 2 is 1.70 bits per heavy atom. The summed E-state index contributed by atoms with van der Waals surface area (Å²) in [6.07, 6.45) is 0. The number of rotatable bonds is 2. The van der Waals surface area contributed by atoms with Crippen molar-refractivity contribution >= 4 is 27.6 Å². The molecular weight excluding hydrogens is 284 g/mol. The molecule has 0 unspecified atom stereocenters. The molecule has 0 aliphatic carbocycles. The van der Waals surface area contributed by atoms with Crippen LogP contribution in [0.15, 0.2) is 54.6 Å². The number of fused-ring (bicyclic) bond motifs is 3. The zero-order valence-electron chi connectivity index (χ0n) is 13.1. The van der Waals surface area contributed by atoms with E-state index in [0.717, 1.165) is 44.3 Å². The number of nitrogens with one attached hydrogen (secondary N) is 1. The third-order valence-corrected chi connectivity index (χ3v) is 4.23. The molecule has 0 bridgehead atoms. The number of aryl methyl sites for hydroxylation is 1. The van der Waals surface area contributed by atoms with E-state index in [1.54, 1.807) is 6.92 Å². The Hall–Kier alpha value is -2.94. The van der Waals surface area contributed by atoms with Crippen molar-refractivity contribution < 1.29 is 4.79 Å². The Balaban J connectivity index is 2.25. The summed E-state index contributed by atoms with van der Waals surface area (Å²) in [7, 11) is 0. The van der Waals surface area contributed by atoms with Crippen LogP contribution in [0, 0.1) is 6.92 Å². The highest BCUT2D eigenvalue weighted by Gasteiger charge is 2.20. The van der Waals surface area contributed by atoms with Crippen LogP contribution in [0.25, 0.3) is 33.1 Å². The van der Waals surface area contributed by atoms with Crippen LogP contribution in [-0.4, -0.2) is 15.8 Å². The number of pyridine rings is 1. The van der Waals surface area contributed by atoms with Gasteiger partial charge in [-0.3, -0.25) is 4.79 Å². The van der Waals surface area contributed by atoms with Gasteiger partial charge in [-0.2, -0.15) is 0 Å². The normalized spacial score (nSPS) is 11.2. The lowest BCUT2D eigenvalue weighted by atomic mass is 10.00. The predicted molar refractivity (Wildman–Crippen MR) is 93.8 cm³/mol. The second-order valence-electron chi connectivity index (χ2n) is 5.77. The number of Topliss-reactive ketones (excluding diaryl/α,β-unsaturated/α-hetero) is 1. The Bertz CT molecular complexity index is 1050. The monoisotopic (exact) mass is 300 g/mol. The summed E-state index contributed by atoms with van der Waals surface area (Å²) in [5.74, 6) is 0.0583. The number of benzene rings is 2. The highest BCUT2D eigenvalue weighted by atomic mass is 16.1. The van der Waals surface area contributed by atoms with Gasteiger partial charge in [0.05, 0.1) is 16.7 Å². The second kappa shape index (κ2) is 5.06. The van der Waals surface area contributed by atoms with Crippen molar-refractivity contribution in [1.82, 2.24) is 9.97 Å². The van der Waals surface area contributed by atoms with Crippen molar-refractivity contribution in [3.63, 3.8) is 0 Å². The fourth-order valence-electron chi connectivity index (χ4n) is 3.27. The number of ketones is 1. The molecule has 4 rings (SSSR count). The van der Waals surface area contributed by atoms with Crippen LogP contribution in [0.4, 0.5) is 0 Å². The lowest BCUT2D eigenvalue weighted by molar-refractivity contribution is 0.101. The van der Waals surface area contributed by atoms with Gasteiger partial charge < -0.3 is 4.98 Å². The van der Waals surface area contributed by atoms with Gasteiger partial charge in [0, 0.05) is 27.6 Å². The van der Waals surface area contributed by atoms with Crippen molar-refractivity contribution in [3.8, 4) is 11.3 Å². The van der Waals surface area contributed by atoms with Crippen LogP contribution in [0.2, 0.25) is 0 Å². The molecule has 0 atom stereocenters. The molecule has 2 aromatic heterocycles. The minimum absolute atomic E-state index is 0.0583. The van der Waals surface area contributed by atoms with Gasteiger partial charge in [0.15, 0.2) is 5.78 Å². The van der Waals surface area contributed by atoms with Gasteiger partial charge in [-0.15, -0.1) is 0 Å². The lowest BCUT2D eigenvalue weighted by Crippen LogP contribution is -1.96. The Morgan fingerprint density at radius 3 is 2.43 bits per heavy atom. The van der Waals surface area contributed by atoms with Gasteiger partial charge >= 0.3 is 0 Å². The largest absolute Gasteiger partial charge is 0.357 e. The Labute approximate surface area is 134 Å². The van der Waals surface area contributed by atoms with E-state index in [0.29, 0.717) is 0 Å². The minimum atomic E-state index is 0.0583. The first kappa shape index (κ1) is 13.7. The molecule has 0 saturated carbocycles. The van der Waals surface area contributed by atoms with Crippen molar-refractivity contribution in [1.29, 1.82) is 0 Å². The molecule has 0 saturated heterocycles. The first-order chi connectivity index (χ1) is 11.2. The first-order valence-corrected chi connectivity index (χ1v) is 7.64. The molecule has 2 heterocycles. The van der Waals surface area contributed by atoms with Gasteiger partial charge in [-0.25, -0.2) is 4.98 Å². The fourth-order valence-corrected chi connectivity index (χ4v) is 3.27. The number of carbonyl (C=O) groups is 1. The number of hydrogen-bond donors (Lipinski definition) is 1. The number of H-pyrrole nitrogens is 1. The zero-order valence-corrected chi connectivity index (χ0v) is 13.1. The molecule has 1 N–H and O–H groups in total. The number of aromatic nitrogens is 2. The number of nitrogens with zero attached hydrogens (tertiary/aromatic N) is 1. The third kappa shape index (κ3) is 2.05. The number of aromatic amines is 1. The van der Waals surface area contributed by atoms with Crippen LogP contribution < -0.4 is 0 Å². The molecule has 0 amide bonds. The lowest BCUT2D eigenvalue weighted by Gasteiger charge is -2.08. The van der Waals surface area contributed by atoms with E-state index in [9.17, 15) is 4.79 Å². The van der Waals surface area contributed by atoms with Crippen LogP contribution in [0.1, 0.15) is 23.0 Å². The van der Waals surface area contributed by atoms with Crippen LogP contribution in [0.3, 0.4) is 0 Å². The maximum atomic E-state index is 12.2. The summed E-state index contributed by atoms with van der Waals surface area (Å²) < 4.78 is 0. The molecule has 0 aliphatic heterocycles. The van der Waals surface area contributed by atoms with Crippen molar-refractivity contribution in [2.75, 3.05) is 0 Å². The highest BCUT2D eigenvalue weighted by molar-refractivity contribution is 6.18. The van der Waals surface area contributed by atoms with E-state index < -0.39 is 0 Å². The summed E-state index contributed by atoms with van der Waals surface area (Å²) in [5, 5.41) is 1.96. The molecule has 0 fully saturated rings. The molecule has 23 heavy (non-hydrogen) atoms. The molecule has 3 heteroatoms. The van der Waals surface area contributed by atoms with Crippen LogP contribution in [0.5, 0.6) is 0 Å². The maximum Gasteiger partial charge on any atom is 0.162 e. The van der Waals surface area contributed by atoms with Crippen molar-refractivity contribution in [2.45, 2.75) is 13.8 Å².